The van der Waals surface area contributed by atoms with Gasteiger partial charge in [-0.05, 0) is 38.5 Å². The van der Waals surface area contributed by atoms with E-state index >= 15 is 0 Å². The van der Waals surface area contributed by atoms with Crippen molar-refractivity contribution in [2.45, 2.75) is 32.9 Å². The molecule has 0 saturated heterocycles. The lowest BCUT2D eigenvalue weighted by Gasteiger charge is -2.20. The predicted molar refractivity (Wildman–Crippen MR) is 106 cm³/mol. The maximum Gasteiger partial charge on any atom is 0.188 e. The summed E-state index contributed by atoms with van der Waals surface area (Å²) in [5, 5.41) is 6.46. The first-order chi connectivity index (χ1) is 10.4. The molecule has 0 atom stereocenters. The second-order valence-corrected chi connectivity index (χ2v) is 5.99. The van der Waals surface area contributed by atoms with E-state index in [0.717, 1.165) is 18.7 Å². The first-order valence-electron chi connectivity index (χ1n) is 7.35. The molecule has 132 valence electrons. The number of ether oxygens (including phenoxy) is 2. The first-order valence-corrected chi connectivity index (χ1v) is 7.35. The normalized spacial score (nSPS) is 11.6. The quantitative estimate of drug-likeness (QED) is 0.264. The van der Waals surface area contributed by atoms with Gasteiger partial charge in [0, 0.05) is 18.6 Å². The van der Waals surface area contributed by atoms with Gasteiger partial charge in [0.1, 0.15) is 0 Å². The summed E-state index contributed by atoms with van der Waals surface area (Å²) < 4.78 is 10.5. The van der Waals surface area contributed by atoms with Gasteiger partial charge in [0.05, 0.1) is 20.8 Å². The van der Waals surface area contributed by atoms with E-state index in [-0.39, 0.29) is 29.5 Å². The molecule has 23 heavy (non-hydrogen) atoms. The zero-order valence-corrected chi connectivity index (χ0v) is 16.9. The average Bonchev–Trinajstić information content (AvgIpc) is 2.48. The van der Waals surface area contributed by atoms with Crippen molar-refractivity contribution >= 4 is 29.9 Å². The van der Waals surface area contributed by atoms with Crippen molar-refractivity contribution in [3.05, 3.63) is 23.8 Å². The van der Waals surface area contributed by atoms with Crippen LogP contribution in [-0.4, -0.2) is 38.8 Å². The number of methoxy groups -OCH3 is 2. The maximum atomic E-state index is 5.85. The fraction of sp³-hybridized carbons (Fsp3) is 0.562. The number of halogens is 1. The Kier molecular flexibility index (Phi) is 9.98. The van der Waals surface area contributed by atoms with Crippen molar-refractivity contribution < 1.29 is 9.47 Å². The summed E-state index contributed by atoms with van der Waals surface area (Å²) in [6, 6.07) is 5.70. The molecule has 1 rings (SSSR count). The Balaban J connectivity index is 0.00000484. The Morgan fingerprint density at radius 1 is 1.13 bits per heavy atom. The molecule has 0 aromatic heterocycles. The highest BCUT2D eigenvalue weighted by molar-refractivity contribution is 14.0. The highest BCUT2D eigenvalue weighted by Gasteiger charge is 2.07. The molecule has 1 aromatic rings. The van der Waals surface area contributed by atoms with E-state index in [9.17, 15) is 0 Å². The molecule has 0 aliphatic heterocycles. The van der Waals surface area contributed by atoms with Crippen LogP contribution in [0, 0.1) is 0 Å². The summed E-state index contributed by atoms with van der Waals surface area (Å²) in [6.45, 7) is 8.44. The van der Waals surface area contributed by atoms with Crippen LogP contribution in [0.5, 0.6) is 11.5 Å². The average molecular weight is 436 g/mol. The lowest BCUT2D eigenvalue weighted by atomic mass is 10.1. The van der Waals surface area contributed by atoms with Gasteiger partial charge in [0.25, 0.3) is 0 Å². The molecule has 4 N–H and O–H groups in total. The summed E-state index contributed by atoms with van der Waals surface area (Å²) >= 11 is 0. The zero-order chi connectivity index (χ0) is 16.6. The van der Waals surface area contributed by atoms with Crippen LogP contribution in [0.25, 0.3) is 0 Å². The number of guanidine groups is 1. The van der Waals surface area contributed by atoms with Crippen molar-refractivity contribution in [1.82, 2.24) is 10.6 Å². The topological polar surface area (TPSA) is 80.9 Å². The smallest absolute Gasteiger partial charge is 0.188 e. The van der Waals surface area contributed by atoms with Crippen molar-refractivity contribution in [3.8, 4) is 11.5 Å². The molecule has 0 aliphatic rings. The summed E-state index contributed by atoms with van der Waals surface area (Å²) in [4.78, 5) is 4.32. The second-order valence-electron chi connectivity index (χ2n) is 5.99. The molecule has 0 radical (unpaired) electrons. The highest BCUT2D eigenvalue weighted by Crippen LogP contribution is 2.27. The summed E-state index contributed by atoms with van der Waals surface area (Å²) in [7, 11) is 3.23. The van der Waals surface area contributed by atoms with E-state index in [1.807, 2.05) is 18.2 Å². The van der Waals surface area contributed by atoms with Crippen molar-refractivity contribution in [3.63, 3.8) is 0 Å². The molecule has 1 aromatic carbocycles. The number of hydrogen-bond donors (Lipinski definition) is 3. The molecule has 0 heterocycles. The number of aliphatic imine (C=N–C) groups is 1. The Hall–Kier alpha value is -1.22. The molecular formula is C16H29IN4O2. The van der Waals surface area contributed by atoms with Crippen LogP contribution in [0.1, 0.15) is 26.3 Å². The van der Waals surface area contributed by atoms with Crippen LogP contribution in [0.3, 0.4) is 0 Å². The van der Waals surface area contributed by atoms with E-state index in [2.05, 4.69) is 36.4 Å². The van der Waals surface area contributed by atoms with Gasteiger partial charge in [-0.25, -0.2) is 4.99 Å². The minimum atomic E-state index is 0. The second kappa shape index (κ2) is 10.5. The monoisotopic (exact) mass is 436 g/mol. The Labute approximate surface area is 156 Å². The molecule has 6 nitrogen and oxygen atoms in total. The third-order valence-corrected chi connectivity index (χ3v) is 2.97. The Morgan fingerprint density at radius 2 is 1.78 bits per heavy atom. The number of nitrogens with one attached hydrogen (secondary N) is 2. The minimum Gasteiger partial charge on any atom is -0.493 e. The maximum absolute atomic E-state index is 5.85. The molecule has 0 amide bonds. The number of hydrogen-bond acceptors (Lipinski definition) is 4. The lowest BCUT2D eigenvalue weighted by molar-refractivity contribution is 0.354. The van der Waals surface area contributed by atoms with Gasteiger partial charge < -0.3 is 25.8 Å². The molecule has 0 unspecified atom stereocenters. The summed E-state index contributed by atoms with van der Waals surface area (Å²) in [6.07, 6.45) is 0. The lowest BCUT2D eigenvalue weighted by Crippen LogP contribution is -2.43. The zero-order valence-electron chi connectivity index (χ0n) is 14.6. The molecular weight excluding hydrogens is 407 g/mol. The van der Waals surface area contributed by atoms with E-state index in [1.54, 1.807) is 14.2 Å². The fourth-order valence-corrected chi connectivity index (χ4v) is 1.84. The van der Waals surface area contributed by atoms with Gasteiger partial charge >= 0.3 is 0 Å². The van der Waals surface area contributed by atoms with Gasteiger partial charge in [0.15, 0.2) is 17.5 Å². The van der Waals surface area contributed by atoms with Crippen LogP contribution in [-0.2, 0) is 6.54 Å². The Morgan fingerprint density at radius 3 is 2.35 bits per heavy atom. The third-order valence-electron chi connectivity index (χ3n) is 2.97. The summed E-state index contributed by atoms with van der Waals surface area (Å²) in [5.41, 5.74) is 6.97. The molecule has 0 saturated carbocycles. The van der Waals surface area contributed by atoms with E-state index in [1.165, 1.54) is 0 Å². The molecule has 0 aliphatic carbocycles. The third kappa shape index (κ3) is 8.85. The van der Waals surface area contributed by atoms with Crippen molar-refractivity contribution in [2.75, 3.05) is 27.3 Å². The predicted octanol–water partition coefficient (Wildman–Crippen LogP) is 2.11. The SMILES string of the molecule is COc1ccc(CN=C(N)NCCNC(C)(C)C)cc1OC.I. The van der Waals surface area contributed by atoms with Crippen molar-refractivity contribution in [2.24, 2.45) is 10.7 Å². The standard InChI is InChI=1S/C16H28N4O2.HI/c1-16(2,3)20-9-8-18-15(17)19-11-12-6-7-13(21-4)14(10-12)22-5;/h6-7,10,20H,8-9,11H2,1-5H3,(H3,17,18,19);1H. The molecule has 7 heteroatoms. The highest BCUT2D eigenvalue weighted by atomic mass is 127. The van der Waals surface area contributed by atoms with Crippen LogP contribution >= 0.6 is 24.0 Å². The first kappa shape index (κ1) is 21.8. The van der Waals surface area contributed by atoms with Gasteiger partial charge in [-0.15, -0.1) is 24.0 Å². The number of nitrogens with two attached hydrogens (primary N) is 1. The van der Waals surface area contributed by atoms with Gasteiger partial charge in [-0.1, -0.05) is 6.07 Å². The number of rotatable bonds is 7. The van der Waals surface area contributed by atoms with E-state index < -0.39 is 0 Å². The van der Waals surface area contributed by atoms with Crippen LogP contribution in [0.2, 0.25) is 0 Å². The fourth-order valence-electron chi connectivity index (χ4n) is 1.84. The summed E-state index contributed by atoms with van der Waals surface area (Å²) in [5.74, 6) is 1.83. The van der Waals surface area contributed by atoms with Gasteiger partial charge in [0.2, 0.25) is 0 Å². The number of nitrogens with zero attached hydrogens (tertiary/aromatic N) is 1. The minimum absolute atomic E-state index is 0. The van der Waals surface area contributed by atoms with Crippen LogP contribution in [0.15, 0.2) is 23.2 Å². The Bertz CT molecular complexity index is 501. The molecule has 0 spiro atoms. The van der Waals surface area contributed by atoms with Crippen LogP contribution in [0.4, 0.5) is 0 Å². The molecule has 0 bridgehead atoms. The van der Waals surface area contributed by atoms with E-state index in [4.69, 9.17) is 15.2 Å². The largest absolute Gasteiger partial charge is 0.493 e. The molecule has 0 fully saturated rings. The van der Waals surface area contributed by atoms with Crippen molar-refractivity contribution in [1.29, 1.82) is 0 Å². The van der Waals surface area contributed by atoms with Crippen LogP contribution < -0.4 is 25.8 Å². The van der Waals surface area contributed by atoms with Gasteiger partial charge in [-0.3, -0.25) is 0 Å². The number of benzene rings is 1. The van der Waals surface area contributed by atoms with Gasteiger partial charge in [-0.2, -0.15) is 0 Å². The van der Waals surface area contributed by atoms with E-state index in [0.29, 0.717) is 24.0 Å².